The molecular weight excluding hydrogens is 426 g/mol. The van der Waals surface area contributed by atoms with E-state index in [2.05, 4.69) is 61.6 Å². The summed E-state index contributed by atoms with van der Waals surface area (Å²) in [6.45, 7) is 4.50. The third-order valence-electron chi connectivity index (χ3n) is 6.65. The summed E-state index contributed by atoms with van der Waals surface area (Å²) in [5.74, 6) is 1.94. The van der Waals surface area contributed by atoms with Crippen LogP contribution in [-0.4, -0.2) is 21.0 Å². The molecule has 3 N–H and O–H groups in total. The van der Waals surface area contributed by atoms with Gasteiger partial charge in [-0.2, -0.15) is 4.98 Å². The summed E-state index contributed by atoms with van der Waals surface area (Å²) in [6.07, 6.45) is 6.49. The number of fused-ring (bicyclic) bond motifs is 1. The maximum Gasteiger partial charge on any atom is 0.225 e. The van der Waals surface area contributed by atoms with Gasteiger partial charge in [0.1, 0.15) is 10.8 Å². The van der Waals surface area contributed by atoms with E-state index < -0.39 is 0 Å². The van der Waals surface area contributed by atoms with Crippen molar-refractivity contribution in [2.45, 2.75) is 58.4 Å². The highest BCUT2D eigenvalue weighted by molar-refractivity contribution is 7.21. The zero-order chi connectivity index (χ0) is 22.8. The van der Waals surface area contributed by atoms with E-state index in [1.54, 1.807) is 11.3 Å². The van der Waals surface area contributed by atoms with Crippen LogP contribution < -0.4 is 11.1 Å². The first kappa shape index (κ1) is 21.8. The number of nitrogens with zero attached hydrogens (tertiary/aromatic N) is 3. The summed E-state index contributed by atoms with van der Waals surface area (Å²) in [7, 11) is 0. The Kier molecular flexibility index (Phi) is 6.27. The molecule has 6 heteroatoms. The number of thiazole rings is 1. The molecule has 33 heavy (non-hydrogen) atoms. The van der Waals surface area contributed by atoms with Crippen LogP contribution in [0.5, 0.6) is 0 Å². The molecule has 0 bridgehead atoms. The number of anilines is 2. The first-order valence-electron chi connectivity index (χ1n) is 12.0. The number of nitrogens with one attached hydrogen (secondary N) is 1. The molecule has 4 aromatic rings. The van der Waals surface area contributed by atoms with Crippen LogP contribution in [0.15, 0.2) is 48.5 Å². The number of hydrogen-bond acceptors (Lipinski definition) is 6. The van der Waals surface area contributed by atoms with E-state index in [-0.39, 0.29) is 0 Å². The Labute approximate surface area is 199 Å². The Balaban J connectivity index is 1.54. The molecule has 2 aromatic carbocycles. The second kappa shape index (κ2) is 9.48. The second-order valence-corrected chi connectivity index (χ2v) is 10.2. The van der Waals surface area contributed by atoms with Crippen molar-refractivity contribution in [1.82, 2.24) is 15.0 Å². The summed E-state index contributed by atoms with van der Waals surface area (Å²) in [6, 6.07) is 17.3. The molecule has 0 unspecified atom stereocenters. The lowest BCUT2D eigenvalue weighted by molar-refractivity contribution is 0.360. The first-order valence-corrected chi connectivity index (χ1v) is 12.8. The first-order chi connectivity index (χ1) is 16.1. The van der Waals surface area contributed by atoms with Crippen molar-refractivity contribution in [2.75, 3.05) is 11.1 Å². The molecule has 1 saturated carbocycles. The van der Waals surface area contributed by atoms with Crippen molar-refractivity contribution < 1.29 is 0 Å². The van der Waals surface area contributed by atoms with E-state index in [1.165, 1.54) is 28.7 Å². The maximum absolute atomic E-state index is 6.59. The van der Waals surface area contributed by atoms with Crippen molar-refractivity contribution in [3.05, 3.63) is 65.4 Å². The summed E-state index contributed by atoms with van der Waals surface area (Å²) < 4.78 is 1.17. The third kappa shape index (κ3) is 4.86. The number of hydrogen-bond donors (Lipinski definition) is 2. The zero-order valence-corrected chi connectivity index (χ0v) is 20.2. The van der Waals surface area contributed by atoms with Gasteiger partial charge in [-0.3, -0.25) is 0 Å². The van der Waals surface area contributed by atoms with Crippen LogP contribution >= 0.6 is 11.3 Å². The van der Waals surface area contributed by atoms with E-state index in [9.17, 15) is 0 Å². The van der Waals surface area contributed by atoms with Crippen LogP contribution in [0.2, 0.25) is 0 Å². The van der Waals surface area contributed by atoms with Gasteiger partial charge in [0.05, 0.1) is 21.5 Å². The molecule has 1 aliphatic carbocycles. The van der Waals surface area contributed by atoms with Crippen molar-refractivity contribution in [3.8, 4) is 10.6 Å². The highest BCUT2D eigenvalue weighted by Crippen LogP contribution is 2.37. The number of nitrogen functional groups attached to an aromatic ring is 1. The van der Waals surface area contributed by atoms with Gasteiger partial charge in [0.15, 0.2) is 0 Å². The van der Waals surface area contributed by atoms with Crippen molar-refractivity contribution >= 4 is 33.3 Å². The smallest absolute Gasteiger partial charge is 0.225 e. The monoisotopic (exact) mass is 457 g/mol. The molecule has 0 amide bonds. The lowest BCUT2D eigenvalue weighted by atomic mass is 9.87. The van der Waals surface area contributed by atoms with Gasteiger partial charge in [0, 0.05) is 12.5 Å². The minimum atomic E-state index is 0.408. The fourth-order valence-electron chi connectivity index (χ4n) is 4.62. The van der Waals surface area contributed by atoms with Crippen LogP contribution in [0.1, 0.15) is 56.4 Å². The third-order valence-corrected chi connectivity index (χ3v) is 7.69. The average molecular weight is 458 g/mol. The summed E-state index contributed by atoms with van der Waals surface area (Å²) in [4.78, 5) is 14.6. The largest absolute Gasteiger partial charge is 0.383 e. The van der Waals surface area contributed by atoms with Crippen molar-refractivity contribution in [2.24, 2.45) is 5.92 Å². The highest BCUT2D eigenvalue weighted by atomic mass is 32.1. The van der Waals surface area contributed by atoms with Gasteiger partial charge >= 0.3 is 0 Å². The van der Waals surface area contributed by atoms with Crippen LogP contribution in [-0.2, 0) is 12.8 Å². The normalized spacial score (nSPS) is 18.5. The highest BCUT2D eigenvalue weighted by Gasteiger charge is 2.22. The minimum absolute atomic E-state index is 0.408. The predicted octanol–water partition coefficient (Wildman–Crippen LogP) is 6.48. The molecular formula is C27H31N5S. The van der Waals surface area contributed by atoms with Crippen molar-refractivity contribution in [3.63, 3.8) is 0 Å². The SMILES string of the molecule is CCc1ccc2nc(-c3c(N)nc(NC4CCC(C)CC4)nc3Cc3ccccc3)sc2c1. The molecule has 0 spiro atoms. The Morgan fingerprint density at radius 3 is 2.52 bits per heavy atom. The Morgan fingerprint density at radius 2 is 1.76 bits per heavy atom. The van der Waals surface area contributed by atoms with Gasteiger partial charge in [-0.1, -0.05) is 50.2 Å². The number of rotatable bonds is 6. The standard InChI is InChI=1S/C27H31N5S/c1-3-18-11-14-21-23(16-18)33-26(30-21)24-22(15-19-7-5-4-6-8-19)31-27(32-25(24)28)29-20-12-9-17(2)10-13-20/h4-8,11,14,16-17,20H,3,9-10,12-13,15H2,1-2H3,(H3,28,29,31,32). The fraction of sp³-hybridized carbons (Fsp3) is 0.370. The number of benzene rings is 2. The van der Waals surface area contributed by atoms with Gasteiger partial charge < -0.3 is 11.1 Å². The predicted molar refractivity (Wildman–Crippen MR) is 139 cm³/mol. The zero-order valence-electron chi connectivity index (χ0n) is 19.3. The van der Waals surface area contributed by atoms with Crippen LogP contribution in [0.3, 0.4) is 0 Å². The van der Waals surface area contributed by atoms with E-state index >= 15 is 0 Å². The molecule has 2 heterocycles. The Hall–Kier alpha value is -2.99. The molecule has 0 atom stereocenters. The van der Waals surface area contributed by atoms with Crippen molar-refractivity contribution in [1.29, 1.82) is 0 Å². The van der Waals surface area contributed by atoms with Gasteiger partial charge in [-0.25, -0.2) is 9.97 Å². The van der Waals surface area contributed by atoms with Gasteiger partial charge in [0.2, 0.25) is 5.95 Å². The quantitative estimate of drug-likeness (QED) is 0.346. The second-order valence-electron chi connectivity index (χ2n) is 9.19. The summed E-state index contributed by atoms with van der Waals surface area (Å²) in [5.41, 5.74) is 11.9. The van der Waals surface area contributed by atoms with E-state index in [1.807, 2.05) is 6.07 Å². The molecule has 5 rings (SSSR count). The molecule has 0 aliphatic heterocycles. The fourth-order valence-corrected chi connectivity index (χ4v) is 5.73. The molecule has 5 nitrogen and oxygen atoms in total. The number of nitrogens with two attached hydrogens (primary N) is 1. The van der Waals surface area contributed by atoms with Crippen LogP contribution in [0.4, 0.5) is 11.8 Å². The van der Waals surface area contributed by atoms with Gasteiger partial charge in [0.25, 0.3) is 0 Å². The maximum atomic E-state index is 6.59. The topological polar surface area (TPSA) is 76.7 Å². The van der Waals surface area contributed by atoms with E-state index in [4.69, 9.17) is 20.7 Å². The Bertz CT molecular complexity index is 1240. The summed E-state index contributed by atoms with van der Waals surface area (Å²) in [5, 5.41) is 4.46. The van der Waals surface area contributed by atoms with Gasteiger partial charge in [-0.15, -0.1) is 11.3 Å². The van der Waals surface area contributed by atoms with Crippen LogP contribution in [0.25, 0.3) is 20.8 Å². The summed E-state index contributed by atoms with van der Waals surface area (Å²) >= 11 is 1.67. The van der Waals surface area contributed by atoms with Gasteiger partial charge in [-0.05, 0) is 61.3 Å². The molecule has 2 aromatic heterocycles. The number of aryl methyl sites for hydroxylation is 1. The molecule has 0 saturated heterocycles. The molecule has 1 fully saturated rings. The van der Waals surface area contributed by atoms with E-state index in [0.717, 1.165) is 47.0 Å². The van der Waals surface area contributed by atoms with E-state index in [0.29, 0.717) is 24.2 Å². The van der Waals surface area contributed by atoms with Crippen LogP contribution in [0, 0.1) is 5.92 Å². The molecule has 170 valence electrons. The molecule has 1 aliphatic rings. The lowest BCUT2D eigenvalue weighted by Crippen LogP contribution is -2.26. The number of aromatic nitrogens is 3. The Morgan fingerprint density at radius 1 is 0.970 bits per heavy atom. The lowest BCUT2D eigenvalue weighted by Gasteiger charge is -2.27. The average Bonchev–Trinajstić information content (AvgIpc) is 3.23. The minimum Gasteiger partial charge on any atom is -0.383 e. The molecule has 0 radical (unpaired) electrons.